The lowest BCUT2D eigenvalue weighted by Gasteiger charge is -2.14. The van der Waals surface area contributed by atoms with Gasteiger partial charge < -0.3 is 15.5 Å². The number of para-hydroxylation sites is 2. The van der Waals surface area contributed by atoms with Crippen LogP contribution < -0.4 is 11.1 Å². The molecular formula is C13H19N3O. The summed E-state index contributed by atoms with van der Waals surface area (Å²) >= 11 is 0. The van der Waals surface area contributed by atoms with Crippen molar-refractivity contribution in [2.24, 2.45) is 5.73 Å². The minimum atomic E-state index is 0.239. The van der Waals surface area contributed by atoms with Crippen LogP contribution in [0.2, 0.25) is 0 Å². The molecular weight excluding hydrogens is 214 g/mol. The smallest absolute Gasteiger partial charge is 0.295 e. The minimum Gasteiger partial charge on any atom is -0.424 e. The second-order valence-corrected chi connectivity index (χ2v) is 4.21. The Bertz CT molecular complexity index is 433. The molecule has 0 fully saturated rings. The molecule has 3 N–H and O–H groups in total. The highest BCUT2D eigenvalue weighted by atomic mass is 16.4. The van der Waals surface area contributed by atoms with Crippen LogP contribution in [0, 0.1) is 0 Å². The summed E-state index contributed by atoms with van der Waals surface area (Å²) in [5, 5.41) is 3.25. The van der Waals surface area contributed by atoms with E-state index in [9.17, 15) is 0 Å². The van der Waals surface area contributed by atoms with E-state index < -0.39 is 0 Å². The van der Waals surface area contributed by atoms with Gasteiger partial charge in [-0.15, -0.1) is 0 Å². The largest absolute Gasteiger partial charge is 0.424 e. The molecule has 0 aliphatic carbocycles. The number of fused-ring (bicyclic) bond motifs is 1. The second-order valence-electron chi connectivity index (χ2n) is 4.21. The lowest BCUT2D eigenvalue weighted by atomic mass is 10.1. The predicted molar refractivity (Wildman–Crippen MR) is 70.0 cm³/mol. The van der Waals surface area contributed by atoms with Gasteiger partial charge in [0.25, 0.3) is 6.01 Å². The fraction of sp³-hybridized carbons (Fsp3) is 0.462. The molecule has 4 nitrogen and oxygen atoms in total. The number of nitrogens with one attached hydrogen (secondary N) is 1. The first kappa shape index (κ1) is 11.9. The molecule has 1 unspecified atom stereocenters. The van der Waals surface area contributed by atoms with Crippen LogP contribution in [0.25, 0.3) is 11.1 Å². The van der Waals surface area contributed by atoms with E-state index in [1.165, 1.54) is 6.42 Å². The molecule has 1 atom stereocenters. The molecule has 4 heteroatoms. The Balaban J connectivity index is 2.06. The fourth-order valence-electron chi connectivity index (χ4n) is 1.81. The molecule has 0 aliphatic heterocycles. The average Bonchev–Trinajstić information content (AvgIpc) is 2.76. The van der Waals surface area contributed by atoms with Crippen LogP contribution in [0.4, 0.5) is 6.01 Å². The number of hydrogen-bond acceptors (Lipinski definition) is 4. The number of nitrogens with two attached hydrogens (primary N) is 1. The summed E-state index contributed by atoms with van der Waals surface area (Å²) in [7, 11) is 0. The van der Waals surface area contributed by atoms with Gasteiger partial charge in [-0.3, -0.25) is 0 Å². The van der Waals surface area contributed by atoms with Gasteiger partial charge in [0, 0.05) is 12.6 Å². The lowest BCUT2D eigenvalue weighted by Crippen LogP contribution is -2.28. The molecule has 17 heavy (non-hydrogen) atoms. The third-order valence-corrected chi connectivity index (χ3v) is 2.81. The van der Waals surface area contributed by atoms with Gasteiger partial charge in [0.2, 0.25) is 0 Å². The van der Waals surface area contributed by atoms with Crippen molar-refractivity contribution in [1.82, 2.24) is 4.98 Å². The van der Waals surface area contributed by atoms with Gasteiger partial charge in [0.15, 0.2) is 5.58 Å². The predicted octanol–water partition coefficient (Wildman–Crippen LogP) is 2.76. The molecule has 0 radical (unpaired) electrons. The maximum Gasteiger partial charge on any atom is 0.295 e. The van der Waals surface area contributed by atoms with Gasteiger partial charge in [0.1, 0.15) is 5.52 Å². The highest BCUT2D eigenvalue weighted by Gasteiger charge is 2.10. The first-order chi connectivity index (χ1) is 8.33. The number of anilines is 1. The van der Waals surface area contributed by atoms with Crippen LogP contribution in [-0.2, 0) is 0 Å². The maximum atomic E-state index is 5.72. The third-order valence-electron chi connectivity index (χ3n) is 2.81. The normalized spacial score (nSPS) is 12.8. The van der Waals surface area contributed by atoms with E-state index in [-0.39, 0.29) is 6.04 Å². The number of hydrogen-bond donors (Lipinski definition) is 2. The first-order valence-electron chi connectivity index (χ1n) is 6.15. The Kier molecular flexibility index (Phi) is 3.98. The van der Waals surface area contributed by atoms with Crippen molar-refractivity contribution in [1.29, 1.82) is 0 Å². The molecule has 1 aromatic heterocycles. The second kappa shape index (κ2) is 5.68. The highest BCUT2D eigenvalue weighted by Crippen LogP contribution is 2.19. The van der Waals surface area contributed by atoms with Crippen molar-refractivity contribution < 1.29 is 4.42 Å². The Morgan fingerprint density at radius 2 is 2.24 bits per heavy atom. The summed E-state index contributed by atoms with van der Waals surface area (Å²) in [6, 6.07) is 8.55. The molecule has 0 saturated heterocycles. The van der Waals surface area contributed by atoms with Crippen molar-refractivity contribution in [3.05, 3.63) is 24.3 Å². The number of nitrogens with zero attached hydrogens (tertiary/aromatic N) is 1. The molecule has 2 aromatic rings. The third kappa shape index (κ3) is 2.97. The van der Waals surface area contributed by atoms with Crippen LogP contribution in [0.5, 0.6) is 0 Å². The van der Waals surface area contributed by atoms with Crippen LogP contribution in [0.15, 0.2) is 28.7 Å². The van der Waals surface area contributed by atoms with E-state index in [0.717, 1.165) is 23.9 Å². The molecule has 92 valence electrons. The summed E-state index contributed by atoms with van der Waals surface area (Å²) in [6.45, 7) is 2.77. The minimum absolute atomic E-state index is 0.239. The molecule has 0 amide bonds. The van der Waals surface area contributed by atoms with E-state index in [2.05, 4.69) is 17.2 Å². The molecule has 0 aliphatic rings. The van der Waals surface area contributed by atoms with Crippen molar-refractivity contribution in [3.63, 3.8) is 0 Å². The molecule has 2 rings (SSSR count). The average molecular weight is 233 g/mol. The zero-order valence-electron chi connectivity index (χ0n) is 10.1. The molecule has 1 aromatic carbocycles. The lowest BCUT2D eigenvalue weighted by molar-refractivity contribution is 0.563. The zero-order valence-corrected chi connectivity index (χ0v) is 10.1. The van der Waals surface area contributed by atoms with Crippen molar-refractivity contribution in [2.75, 3.05) is 11.9 Å². The standard InChI is InChI=1S/C13H19N3O/c1-2-3-6-10(9-14)15-13-16-11-7-4-5-8-12(11)17-13/h4-5,7-8,10H,2-3,6,9,14H2,1H3,(H,15,16). The van der Waals surface area contributed by atoms with Crippen LogP contribution in [0.1, 0.15) is 26.2 Å². The van der Waals surface area contributed by atoms with Crippen LogP contribution >= 0.6 is 0 Å². The van der Waals surface area contributed by atoms with Crippen molar-refractivity contribution >= 4 is 17.1 Å². The highest BCUT2D eigenvalue weighted by molar-refractivity contribution is 5.74. The van der Waals surface area contributed by atoms with E-state index in [0.29, 0.717) is 12.6 Å². The Labute approximate surface area is 101 Å². The van der Waals surface area contributed by atoms with E-state index in [1.54, 1.807) is 0 Å². The summed E-state index contributed by atoms with van der Waals surface area (Å²) in [4.78, 5) is 4.38. The fourth-order valence-corrected chi connectivity index (χ4v) is 1.81. The first-order valence-corrected chi connectivity index (χ1v) is 6.15. The summed E-state index contributed by atoms with van der Waals surface area (Å²) in [5.41, 5.74) is 7.41. The topological polar surface area (TPSA) is 64.1 Å². The van der Waals surface area contributed by atoms with E-state index >= 15 is 0 Å². The summed E-state index contributed by atoms with van der Waals surface area (Å²) < 4.78 is 5.60. The van der Waals surface area contributed by atoms with Gasteiger partial charge in [0.05, 0.1) is 0 Å². The van der Waals surface area contributed by atoms with E-state index in [4.69, 9.17) is 10.2 Å². The van der Waals surface area contributed by atoms with Gasteiger partial charge in [-0.2, -0.15) is 4.98 Å². The quantitative estimate of drug-likeness (QED) is 0.805. The molecule has 0 bridgehead atoms. The van der Waals surface area contributed by atoms with Crippen molar-refractivity contribution in [3.8, 4) is 0 Å². The van der Waals surface area contributed by atoms with Crippen molar-refractivity contribution in [2.45, 2.75) is 32.2 Å². The molecule has 1 heterocycles. The Hall–Kier alpha value is -1.55. The number of oxazole rings is 1. The van der Waals surface area contributed by atoms with Crippen LogP contribution in [0.3, 0.4) is 0 Å². The Morgan fingerprint density at radius 1 is 1.41 bits per heavy atom. The summed E-state index contributed by atoms with van der Waals surface area (Å²) in [5.74, 6) is 0. The number of unbranched alkanes of at least 4 members (excludes halogenated alkanes) is 1. The van der Waals surface area contributed by atoms with Gasteiger partial charge in [-0.25, -0.2) is 0 Å². The van der Waals surface area contributed by atoms with E-state index in [1.807, 2.05) is 24.3 Å². The monoisotopic (exact) mass is 233 g/mol. The Morgan fingerprint density at radius 3 is 2.94 bits per heavy atom. The number of rotatable bonds is 6. The molecule has 0 spiro atoms. The van der Waals surface area contributed by atoms with Gasteiger partial charge >= 0.3 is 0 Å². The van der Waals surface area contributed by atoms with Crippen LogP contribution in [-0.4, -0.2) is 17.6 Å². The summed E-state index contributed by atoms with van der Waals surface area (Å²) in [6.07, 6.45) is 3.38. The molecule has 0 saturated carbocycles. The maximum absolute atomic E-state index is 5.72. The number of aromatic nitrogens is 1. The van der Waals surface area contributed by atoms with Gasteiger partial charge in [-0.05, 0) is 18.6 Å². The van der Waals surface area contributed by atoms with Gasteiger partial charge in [-0.1, -0.05) is 31.9 Å². The zero-order chi connectivity index (χ0) is 12.1. The number of benzene rings is 1. The SMILES string of the molecule is CCCCC(CN)Nc1nc2ccccc2o1.